The van der Waals surface area contributed by atoms with Crippen LogP contribution in [0, 0.1) is 0 Å². The molecule has 0 saturated heterocycles. The van der Waals surface area contributed by atoms with Gasteiger partial charge in [-0.25, -0.2) is 4.98 Å². The van der Waals surface area contributed by atoms with Gasteiger partial charge in [-0.1, -0.05) is 35.1 Å². The molecule has 21 heavy (non-hydrogen) atoms. The SMILES string of the molecule is CC(=O)c1cnc(NC(=O)CC(O)c2ccc(Cl)cc2)s1. The summed E-state index contributed by atoms with van der Waals surface area (Å²) in [4.78, 5) is 27.4. The number of ketones is 1. The molecule has 1 aromatic carbocycles. The van der Waals surface area contributed by atoms with E-state index >= 15 is 0 Å². The first-order chi connectivity index (χ1) is 9.95. The van der Waals surface area contributed by atoms with Crippen LogP contribution in [0.15, 0.2) is 30.5 Å². The van der Waals surface area contributed by atoms with Gasteiger partial charge >= 0.3 is 0 Å². The molecule has 2 N–H and O–H groups in total. The zero-order valence-electron chi connectivity index (χ0n) is 11.2. The van der Waals surface area contributed by atoms with Crippen molar-refractivity contribution in [2.75, 3.05) is 5.32 Å². The van der Waals surface area contributed by atoms with E-state index in [1.165, 1.54) is 13.1 Å². The van der Waals surface area contributed by atoms with Crippen LogP contribution in [-0.2, 0) is 4.79 Å². The number of aliphatic hydroxyl groups is 1. The number of nitrogens with zero attached hydrogens (tertiary/aromatic N) is 1. The zero-order chi connectivity index (χ0) is 15.4. The Bertz CT molecular complexity index is 654. The van der Waals surface area contributed by atoms with Gasteiger partial charge in [0.25, 0.3) is 0 Å². The molecule has 1 unspecified atom stereocenters. The highest BCUT2D eigenvalue weighted by Crippen LogP contribution is 2.22. The highest BCUT2D eigenvalue weighted by Gasteiger charge is 2.15. The van der Waals surface area contributed by atoms with Crippen LogP contribution in [-0.4, -0.2) is 21.8 Å². The van der Waals surface area contributed by atoms with E-state index < -0.39 is 6.10 Å². The standard InChI is InChI=1S/C14H13ClN2O3S/c1-8(18)12-7-16-14(21-12)17-13(20)6-11(19)9-2-4-10(15)5-3-9/h2-5,7,11,19H,6H2,1H3,(H,16,17,20). The summed E-state index contributed by atoms with van der Waals surface area (Å²) in [5, 5.41) is 13.4. The highest BCUT2D eigenvalue weighted by molar-refractivity contribution is 7.17. The van der Waals surface area contributed by atoms with Crippen molar-refractivity contribution < 1.29 is 14.7 Å². The Balaban J connectivity index is 1.94. The number of Topliss-reactive ketones (excluding diaryl/α,β-unsaturated/α-hetero) is 1. The lowest BCUT2D eigenvalue weighted by Gasteiger charge is -2.10. The fourth-order valence-corrected chi connectivity index (χ4v) is 2.50. The van der Waals surface area contributed by atoms with E-state index in [0.717, 1.165) is 11.3 Å². The van der Waals surface area contributed by atoms with Crippen LogP contribution >= 0.6 is 22.9 Å². The molecule has 0 fully saturated rings. The minimum absolute atomic E-state index is 0.101. The summed E-state index contributed by atoms with van der Waals surface area (Å²) in [6.07, 6.45) is 0.393. The maximum Gasteiger partial charge on any atom is 0.229 e. The van der Waals surface area contributed by atoms with E-state index in [9.17, 15) is 14.7 Å². The van der Waals surface area contributed by atoms with Gasteiger partial charge in [-0.3, -0.25) is 9.59 Å². The first-order valence-electron chi connectivity index (χ1n) is 6.16. The number of hydrogen-bond donors (Lipinski definition) is 2. The second kappa shape index (κ2) is 6.80. The Morgan fingerprint density at radius 2 is 2.05 bits per heavy atom. The van der Waals surface area contributed by atoms with E-state index in [4.69, 9.17) is 11.6 Å². The van der Waals surface area contributed by atoms with Crippen LogP contribution in [0.1, 0.15) is 34.7 Å². The molecule has 1 amide bonds. The number of carbonyl (C=O) groups is 2. The van der Waals surface area contributed by atoms with Crippen LogP contribution in [0.2, 0.25) is 5.02 Å². The quantitative estimate of drug-likeness (QED) is 0.828. The number of aromatic nitrogens is 1. The fraction of sp³-hybridized carbons (Fsp3) is 0.214. The maximum atomic E-state index is 11.8. The summed E-state index contributed by atoms with van der Waals surface area (Å²) < 4.78 is 0. The number of anilines is 1. The van der Waals surface area contributed by atoms with Crippen molar-refractivity contribution >= 4 is 39.8 Å². The largest absolute Gasteiger partial charge is 0.388 e. The minimum Gasteiger partial charge on any atom is -0.388 e. The third-order valence-electron chi connectivity index (χ3n) is 2.73. The van der Waals surface area contributed by atoms with Crippen molar-refractivity contribution in [3.63, 3.8) is 0 Å². The van der Waals surface area contributed by atoms with E-state index in [1.54, 1.807) is 24.3 Å². The van der Waals surface area contributed by atoms with Crippen molar-refractivity contribution in [3.8, 4) is 0 Å². The number of hydrogen-bond acceptors (Lipinski definition) is 5. The van der Waals surface area contributed by atoms with Gasteiger partial charge in [0.15, 0.2) is 10.9 Å². The van der Waals surface area contributed by atoms with Crippen molar-refractivity contribution in [1.82, 2.24) is 4.98 Å². The Kier molecular flexibility index (Phi) is 5.06. The molecule has 2 aromatic rings. The molecule has 0 aliphatic heterocycles. The summed E-state index contributed by atoms with van der Waals surface area (Å²) in [7, 11) is 0. The molecule has 1 aromatic heterocycles. The van der Waals surface area contributed by atoms with Gasteiger partial charge in [0.05, 0.1) is 23.6 Å². The Morgan fingerprint density at radius 3 is 2.62 bits per heavy atom. The molecule has 0 aliphatic rings. The number of carbonyl (C=O) groups excluding carboxylic acids is 2. The number of halogens is 1. The van der Waals surface area contributed by atoms with Gasteiger partial charge in [0.1, 0.15) is 0 Å². The third kappa shape index (κ3) is 4.35. The van der Waals surface area contributed by atoms with Gasteiger partial charge in [-0.15, -0.1) is 0 Å². The second-order valence-electron chi connectivity index (χ2n) is 4.41. The van der Waals surface area contributed by atoms with Gasteiger partial charge in [0, 0.05) is 11.9 Å². The lowest BCUT2D eigenvalue weighted by molar-refractivity contribution is -0.118. The molecule has 2 rings (SSSR count). The number of rotatable bonds is 5. The first-order valence-corrected chi connectivity index (χ1v) is 7.35. The molecule has 1 heterocycles. The molecule has 110 valence electrons. The average molecular weight is 325 g/mol. The summed E-state index contributed by atoms with van der Waals surface area (Å²) in [5.41, 5.74) is 0.609. The molecule has 0 aliphatic carbocycles. The van der Waals surface area contributed by atoms with Gasteiger partial charge in [0.2, 0.25) is 5.91 Å². The van der Waals surface area contributed by atoms with Crippen molar-refractivity contribution in [3.05, 3.63) is 45.9 Å². The van der Waals surface area contributed by atoms with Gasteiger partial charge in [-0.2, -0.15) is 0 Å². The topological polar surface area (TPSA) is 79.3 Å². The van der Waals surface area contributed by atoms with Crippen molar-refractivity contribution in [2.24, 2.45) is 0 Å². The molecule has 0 bridgehead atoms. The monoisotopic (exact) mass is 324 g/mol. The highest BCUT2D eigenvalue weighted by atomic mass is 35.5. The summed E-state index contributed by atoms with van der Waals surface area (Å²) >= 11 is 6.86. The van der Waals surface area contributed by atoms with Crippen LogP contribution in [0.3, 0.4) is 0 Å². The lowest BCUT2D eigenvalue weighted by atomic mass is 10.1. The predicted octanol–water partition coefficient (Wildman–Crippen LogP) is 3.06. The third-order valence-corrected chi connectivity index (χ3v) is 4.00. The van der Waals surface area contributed by atoms with Gasteiger partial charge in [-0.05, 0) is 17.7 Å². The number of benzene rings is 1. The Hall–Kier alpha value is -1.76. The van der Waals surface area contributed by atoms with Crippen molar-refractivity contribution in [1.29, 1.82) is 0 Å². The summed E-state index contributed by atoms with van der Waals surface area (Å²) in [6, 6.07) is 6.63. The summed E-state index contributed by atoms with van der Waals surface area (Å²) in [6.45, 7) is 1.43. The van der Waals surface area contributed by atoms with E-state index in [-0.39, 0.29) is 18.1 Å². The number of amides is 1. The normalized spacial score (nSPS) is 12.0. The summed E-state index contributed by atoms with van der Waals surface area (Å²) in [5.74, 6) is -0.476. The molecular weight excluding hydrogens is 312 g/mol. The smallest absolute Gasteiger partial charge is 0.229 e. The van der Waals surface area contributed by atoms with E-state index in [0.29, 0.717) is 20.6 Å². The fourth-order valence-electron chi connectivity index (χ4n) is 1.64. The number of thiazole rings is 1. The number of aliphatic hydroxyl groups excluding tert-OH is 1. The number of nitrogens with one attached hydrogen (secondary N) is 1. The second-order valence-corrected chi connectivity index (χ2v) is 5.87. The molecular formula is C14H13ClN2O3S. The average Bonchev–Trinajstić information content (AvgIpc) is 2.87. The molecule has 0 radical (unpaired) electrons. The minimum atomic E-state index is -0.922. The zero-order valence-corrected chi connectivity index (χ0v) is 12.7. The van der Waals surface area contributed by atoms with Gasteiger partial charge < -0.3 is 10.4 Å². The lowest BCUT2D eigenvalue weighted by Crippen LogP contribution is -2.15. The first kappa shape index (κ1) is 15.6. The van der Waals surface area contributed by atoms with Crippen LogP contribution in [0.4, 0.5) is 5.13 Å². The predicted molar refractivity (Wildman–Crippen MR) is 81.8 cm³/mol. The maximum absolute atomic E-state index is 11.8. The van der Waals surface area contributed by atoms with Crippen LogP contribution < -0.4 is 5.32 Å². The van der Waals surface area contributed by atoms with Crippen LogP contribution in [0.25, 0.3) is 0 Å². The van der Waals surface area contributed by atoms with E-state index in [2.05, 4.69) is 10.3 Å². The van der Waals surface area contributed by atoms with Crippen LogP contribution in [0.5, 0.6) is 0 Å². The van der Waals surface area contributed by atoms with Crippen molar-refractivity contribution in [2.45, 2.75) is 19.4 Å². The Labute approximate surface area is 130 Å². The molecule has 0 spiro atoms. The van der Waals surface area contributed by atoms with E-state index in [1.807, 2.05) is 0 Å². The molecule has 5 nitrogen and oxygen atoms in total. The Morgan fingerprint density at radius 1 is 1.38 bits per heavy atom. The molecule has 0 saturated carbocycles. The molecule has 7 heteroatoms. The molecule has 1 atom stereocenters.